The van der Waals surface area contributed by atoms with Gasteiger partial charge in [-0.2, -0.15) is 5.26 Å². The average molecular weight is 245 g/mol. The van der Waals surface area contributed by atoms with E-state index in [4.69, 9.17) is 5.26 Å². The van der Waals surface area contributed by atoms with Crippen molar-refractivity contribution in [1.82, 2.24) is 0 Å². The molecule has 0 aliphatic carbocycles. The van der Waals surface area contributed by atoms with Gasteiger partial charge in [0.1, 0.15) is 0 Å². The molecule has 5 heteroatoms. The Morgan fingerprint density at radius 3 is 2.17 bits per heavy atom. The molecule has 1 aromatic carbocycles. The highest BCUT2D eigenvalue weighted by molar-refractivity contribution is 5.93. The number of rotatable bonds is 4. The monoisotopic (exact) mass is 245 g/mol. The molecule has 0 fully saturated rings. The number of amides is 2. The van der Waals surface area contributed by atoms with Crippen LogP contribution in [0.15, 0.2) is 24.3 Å². The summed E-state index contributed by atoms with van der Waals surface area (Å²) in [5, 5.41) is 13.8. The highest BCUT2D eigenvalue weighted by Crippen LogP contribution is 2.14. The zero-order valence-electron chi connectivity index (χ0n) is 10.4. The Morgan fingerprint density at radius 2 is 1.72 bits per heavy atom. The predicted molar refractivity (Wildman–Crippen MR) is 68.8 cm³/mol. The van der Waals surface area contributed by atoms with Gasteiger partial charge in [0.15, 0.2) is 0 Å². The highest BCUT2D eigenvalue weighted by Gasteiger charge is 2.12. The summed E-state index contributed by atoms with van der Waals surface area (Å²) in [6.07, 6.45) is 0.190. The third kappa shape index (κ3) is 4.26. The Kier molecular flexibility index (Phi) is 4.88. The number of nitrogens with one attached hydrogen (secondary N) is 2. The molecule has 0 radical (unpaired) electrons. The number of nitrogens with zero attached hydrogens (tertiary/aromatic N) is 1. The fraction of sp³-hybridized carbons (Fsp3) is 0.308. The number of hydrogen-bond donors (Lipinski definition) is 2. The Morgan fingerprint density at radius 1 is 1.22 bits per heavy atom. The number of hydrogen-bond acceptors (Lipinski definition) is 3. The van der Waals surface area contributed by atoms with Gasteiger partial charge in [0.2, 0.25) is 11.8 Å². The summed E-state index contributed by atoms with van der Waals surface area (Å²) in [4.78, 5) is 22.5. The van der Waals surface area contributed by atoms with Crippen LogP contribution in [0.1, 0.15) is 20.3 Å². The largest absolute Gasteiger partial charge is 0.326 e. The summed E-state index contributed by atoms with van der Waals surface area (Å²) < 4.78 is 0. The van der Waals surface area contributed by atoms with Crippen LogP contribution in [0.3, 0.4) is 0 Å². The third-order valence-electron chi connectivity index (χ3n) is 2.32. The van der Waals surface area contributed by atoms with Crippen molar-refractivity contribution < 1.29 is 9.59 Å². The Balaban J connectivity index is 2.61. The van der Waals surface area contributed by atoms with E-state index in [1.807, 2.05) is 6.07 Å². The van der Waals surface area contributed by atoms with Crippen molar-refractivity contribution in [3.8, 4) is 6.07 Å². The minimum absolute atomic E-state index is 0.144. The Hall–Kier alpha value is -2.35. The molecule has 1 atom stereocenters. The van der Waals surface area contributed by atoms with Crippen LogP contribution < -0.4 is 10.6 Å². The van der Waals surface area contributed by atoms with E-state index in [0.717, 1.165) is 0 Å². The summed E-state index contributed by atoms with van der Waals surface area (Å²) in [7, 11) is 0. The van der Waals surface area contributed by atoms with Crippen LogP contribution >= 0.6 is 0 Å². The fourth-order valence-electron chi connectivity index (χ4n) is 1.34. The van der Waals surface area contributed by atoms with Gasteiger partial charge in [0.05, 0.1) is 6.07 Å². The van der Waals surface area contributed by atoms with Crippen LogP contribution in [0.25, 0.3) is 0 Å². The van der Waals surface area contributed by atoms with Gasteiger partial charge in [0.25, 0.3) is 0 Å². The van der Waals surface area contributed by atoms with Crippen molar-refractivity contribution >= 4 is 23.2 Å². The lowest BCUT2D eigenvalue weighted by molar-refractivity contribution is -0.119. The molecule has 0 heterocycles. The van der Waals surface area contributed by atoms with Crippen molar-refractivity contribution in [2.75, 3.05) is 10.6 Å². The second-order valence-electron chi connectivity index (χ2n) is 4.01. The summed E-state index contributed by atoms with van der Waals surface area (Å²) >= 11 is 0. The minimum atomic E-state index is -0.343. The van der Waals surface area contributed by atoms with Crippen molar-refractivity contribution in [2.45, 2.75) is 20.3 Å². The van der Waals surface area contributed by atoms with Crippen molar-refractivity contribution in [2.24, 2.45) is 5.92 Å². The molecule has 0 aliphatic heterocycles. The standard InChI is InChI=1S/C13H15N3O2/c1-9(7-8-14)13(18)16-12-5-3-11(4-6-12)15-10(2)17/h3-6,9H,7H2,1-2H3,(H,15,17)(H,16,18). The molecule has 1 rings (SSSR count). The van der Waals surface area contributed by atoms with E-state index in [1.54, 1.807) is 31.2 Å². The van der Waals surface area contributed by atoms with E-state index in [0.29, 0.717) is 11.4 Å². The smallest absolute Gasteiger partial charge is 0.228 e. The van der Waals surface area contributed by atoms with Gasteiger partial charge < -0.3 is 10.6 Å². The average Bonchev–Trinajstić information content (AvgIpc) is 2.31. The second kappa shape index (κ2) is 6.40. The van der Waals surface area contributed by atoms with Gasteiger partial charge >= 0.3 is 0 Å². The number of carbonyl (C=O) groups excluding carboxylic acids is 2. The fourth-order valence-corrected chi connectivity index (χ4v) is 1.34. The van der Waals surface area contributed by atoms with Crippen LogP contribution in [0, 0.1) is 17.2 Å². The predicted octanol–water partition coefficient (Wildman–Crippen LogP) is 2.13. The van der Waals surface area contributed by atoms with Crippen LogP contribution in [-0.4, -0.2) is 11.8 Å². The SMILES string of the molecule is CC(=O)Nc1ccc(NC(=O)C(C)CC#N)cc1. The zero-order chi connectivity index (χ0) is 13.5. The van der Waals surface area contributed by atoms with Gasteiger partial charge in [-0.05, 0) is 24.3 Å². The first-order valence-electron chi connectivity index (χ1n) is 5.58. The Labute approximate surface area is 106 Å². The maximum atomic E-state index is 11.6. The lowest BCUT2D eigenvalue weighted by Gasteiger charge is -2.09. The molecule has 0 spiro atoms. The van der Waals surface area contributed by atoms with Gasteiger partial charge in [-0.15, -0.1) is 0 Å². The number of nitriles is 1. The maximum absolute atomic E-state index is 11.6. The highest BCUT2D eigenvalue weighted by atomic mass is 16.2. The molecule has 0 aromatic heterocycles. The second-order valence-corrected chi connectivity index (χ2v) is 4.01. The minimum Gasteiger partial charge on any atom is -0.326 e. The van der Waals surface area contributed by atoms with Crippen LogP contribution in [0.4, 0.5) is 11.4 Å². The molecule has 94 valence electrons. The Bertz CT molecular complexity index is 474. The molecular weight excluding hydrogens is 230 g/mol. The van der Waals surface area contributed by atoms with Gasteiger partial charge in [0, 0.05) is 30.6 Å². The van der Waals surface area contributed by atoms with Gasteiger partial charge in [-0.25, -0.2) is 0 Å². The number of anilines is 2. The molecule has 18 heavy (non-hydrogen) atoms. The van der Waals surface area contributed by atoms with E-state index in [-0.39, 0.29) is 24.2 Å². The van der Waals surface area contributed by atoms with Crippen molar-refractivity contribution in [1.29, 1.82) is 5.26 Å². The van der Waals surface area contributed by atoms with Crippen LogP contribution in [0.5, 0.6) is 0 Å². The molecule has 1 unspecified atom stereocenters. The first-order valence-corrected chi connectivity index (χ1v) is 5.58. The summed E-state index contributed by atoms with van der Waals surface area (Å²) in [6, 6.07) is 8.75. The molecule has 1 aromatic rings. The van der Waals surface area contributed by atoms with Crippen molar-refractivity contribution in [3.63, 3.8) is 0 Å². The first kappa shape index (κ1) is 13.7. The lowest BCUT2D eigenvalue weighted by Crippen LogP contribution is -2.19. The van der Waals surface area contributed by atoms with Gasteiger partial charge in [-0.3, -0.25) is 9.59 Å². The topological polar surface area (TPSA) is 82.0 Å². The molecule has 2 N–H and O–H groups in total. The van der Waals surface area contributed by atoms with E-state index < -0.39 is 0 Å². The summed E-state index contributed by atoms with van der Waals surface area (Å²) in [6.45, 7) is 3.13. The first-order chi connectivity index (χ1) is 8.52. The van der Waals surface area contributed by atoms with Crippen LogP contribution in [-0.2, 0) is 9.59 Å². The lowest BCUT2D eigenvalue weighted by atomic mass is 10.1. The van der Waals surface area contributed by atoms with E-state index in [1.165, 1.54) is 6.92 Å². The molecule has 0 saturated carbocycles. The number of benzene rings is 1. The van der Waals surface area contributed by atoms with E-state index in [2.05, 4.69) is 10.6 Å². The van der Waals surface area contributed by atoms with Crippen molar-refractivity contribution in [3.05, 3.63) is 24.3 Å². The van der Waals surface area contributed by atoms with E-state index in [9.17, 15) is 9.59 Å². The third-order valence-corrected chi connectivity index (χ3v) is 2.32. The quantitative estimate of drug-likeness (QED) is 0.852. The van der Waals surface area contributed by atoms with Crippen LogP contribution in [0.2, 0.25) is 0 Å². The van der Waals surface area contributed by atoms with E-state index >= 15 is 0 Å². The molecule has 2 amide bonds. The molecule has 0 bridgehead atoms. The molecular formula is C13H15N3O2. The summed E-state index contributed by atoms with van der Waals surface area (Å²) in [5.41, 5.74) is 1.31. The van der Waals surface area contributed by atoms with Gasteiger partial charge in [-0.1, -0.05) is 6.92 Å². The maximum Gasteiger partial charge on any atom is 0.228 e. The normalized spacial score (nSPS) is 11.2. The summed E-state index contributed by atoms with van der Waals surface area (Å²) in [5.74, 6) is -0.678. The molecule has 5 nitrogen and oxygen atoms in total. The number of carbonyl (C=O) groups is 2. The molecule has 0 aliphatic rings. The zero-order valence-corrected chi connectivity index (χ0v) is 10.4. The molecule has 0 saturated heterocycles.